The Labute approximate surface area is 173 Å². The van der Waals surface area contributed by atoms with Crippen LogP contribution < -0.4 is 10.9 Å². The first-order chi connectivity index (χ1) is 13.6. The zero-order valence-electron chi connectivity index (χ0n) is 16.3. The highest BCUT2D eigenvalue weighted by atomic mass is 32.2. The van der Waals surface area contributed by atoms with E-state index in [4.69, 9.17) is 4.98 Å². The Hall–Kier alpha value is -1.63. The molecule has 0 spiro atoms. The van der Waals surface area contributed by atoms with Crippen LogP contribution in [0.15, 0.2) is 34.0 Å². The number of fused-ring (bicyclic) bond motifs is 4. The van der Waals surface area contributed by atoms with Crippen molar-refractivity contribution < 1.29 is 5.32 Å². The van der Waals surface area contributed by atoms with E-state index in [-0.39, 0.29) is 11.6 Å². The number of thiophene rings is 1. The van der Waals surface area contributed by atoms with E-state index < -0.39 is 0 Å². The minimum Gasteiger partial charge on any atom is -0.332 e. The molecule has 3 heterocycles. The molecule has 28 heavy (non-hydrogen) atoms. The molecule has 4 nitrogen and oxygen atoms in total. The van der Waals surface area contributed by atoms with Gasteiger partial charge in [-0.3, -0.25) is 4.79 Å². The Morgan fingerprint density at radius 2 is 2.14 bits per heavy atom. The van der Waals surface area contributed by atoms with Gasteiger partial charge in [0.25, 0.3) is 5.56 Å². The van der Waals surface area contributed by atoms with Crippen molar-refractivity contribution >= 4 is 33.3 Å². The maximum Gasteiger partial charge on any atom is 0.260 e. The average molecular weight is 413 g/mol. The summed E-state index contributed by atoms with van der Waals surface area (Å²) in [6.07, 6.45) is 4.41. The smallest absolute Gasteiger partial charge is 0.260 e. The molecule has 3 N–H and O–H groups in total. The van der Waals surface area contributed by atoms with Gasteiger partial charge in [0, 0.05) is 27.5 Å². The molecular formula is C22H26N3OS2+. The number of H-pyrrole nitrogens is 1. The zero-order chi connectivity index (χ0) is 19.3. The summed E-state index contributed by atoms with van der Waals surface area (Å²) >= 11 is 3.68. The van der Waals surface area contributed by atoms with Crippen LogP contribution >= 0.6 is 23.1 Å². The van der Waals surface area contributed by atoms with Crippen molar-refractivity contribution in [1.82, 2.24) is 9.97 Å². The van der Waals surface area contributed by atoms with Crippen molar-refractivity contribution in [2.24, 2.45) is 5.92 Å². The average Bonchev–Trinajstić information content (AvgIpc) is 3.06. The van der Waals surface area contributed by atoms with Crippen molar-refractivity contribution in [1.29, 1.82) is 0 Å². The SMILES string of the molecule is C[C@H]1CCc2c(sc3nc([C@H](C)[NH2+][C@@H]4CCSc5ccccc54)[nH]c(=O)c23)C1. The number of hydrogen-bond donors (Lipinski definition) is 2. The summed E-state index contributed by atoms with van der Waals surface area (Å²) in [5.74, 6) is 2.65. The molecule has 0 fully saturated rings. The van der Waals surface area contributed by atoms with Crippen LogP contribution in [0.3, 0.4) is 0 Å². The van der Waals surface area contributed by atoms with Crippen LogP contribution in [-0.4, -0.2) is 15.7 Å². The first-order valence-corrected chi connectivity index (χ1v) is 12.0. The molecule has 2 aliphatic rings. The number of nitrogens with one attached hydrogen (secondary N) is 1. The van der Waals surface area contributed by atoms with Crippen molar-refractivity contribution in [3.8, 4) is 0 Å². The van der Waals surface area contributed by atoms with E-state index in [2.05, 4.69) is 48.4 Å². The van der Waals surface area contributed by atoms with Gasteiger partial charge in [-0.05, 0) is 43.7 Å². The lowest BCUT2D eigenvalue weighted by molar-refractivity contribution is -0.733. The second-order valence-corrected chi connectivity index (χ2v) is 10.5. The Bertz CT molecular complexity index is 1090. The summed E-state index contributed by atoms with van der Waals surface area (Å²) in [6.45, 7) is 4.46. The van der Waals surface area contributed by atoms with E-state index in [9.17, 15) is 4.79 Å². The highest BCUT2D eigenvalue weighted by Gasteiger charge is 2.28. The minimum absolute atomic E-state index is 0.0481. The van der Waals surface area contributed by atoms with Crippen molar-refractivity contribution in [3.63, 3.8) is 0 Å². The Kier molecular flexibility index (Phi) is 4.81. The standard InChI is InChI=1S/C22H25N3OS2/c1-12-7-8-15-18(11-12)28-22-19(15)21(26)24-20(25-22)13(2)23-16-9-10-27-17-6-4-3-5-14(16)17/h3-6,12-13,16,23H,7-11H2,1-2H3,(H,24,25,26)/p+1/t12-,13-,16+/m0/s1. The zero-order valence-corrected chi connectivity index (χ0v) is 18.0. The molecule has 6 heteroatoms. The lowest BCUT2D eigenvalue weighted by atomic mass is 9.89. The van der Waals surface area contributed by atoms with Gasteiger partial charge in [0.15, 0.2) is 5.82 Å². The van der Waals surface area contributed by atoms with Crippen LogP contribution in [-0.2, 0) is 12.8 Å². The van der Waals surface area contributed by atoms with Gasteiger partial charge < -0.3 is 10.3 Å². The maximum absolute atomic E-state index is 12.9. The van der Waals surface area contributed by atoms with E-state index in [1.54, 1.807) is 11.3 Å². The molecule has 0 bridgehead atoms. The summed E-state index contributed by atoms with van der Waals surface area (Å²) in [5.41, 5.74) is 2.72. The summed E-state index contributed by atoms with van der Waals surface area (Å²) < 4.78 is 0. The van der Waals surface area contributed by atoms with Gasteiger partial charge in [-0.2, -0.15) is 0 Å². The number of rotatable bonds is 3. The van der Waals surface area contributed by atoms with Crippen LogP contribution in [0.4, 0.5) is 0 Å². The molecule has 0 radical (unpaired) electrons. The van der Waals surface area contributed by atoms with Crippen molar-refractivity contribution in [2.75, 3.05) is 5.75 Å². The number of hydrogen-bond acceptors (Lipinski definition) is 4. The molecule has 1 aromatic carbocycles. The summed E-state index contributed by atoms with van der Waals surface area (Å²) in [7, 11) is 0. The van der Waals surface area contributed by atoms with Crippen LogP contribution in [0.2, 0.25) is 0 Å². The van der Waals surface area contributed by atoms with E-state index in [0.29, 0.717) is 12.0 Å². The maximum atomic E-state index is 12.9. The number of nitrogens with zero attached hydrogens (tertiary/aromatic N) is 1. The van der Waals surface area contributed by atoms with E-state index in [1.807, 2.05) is 11.8 Å². The molecule has 3 atom stereocenters. The quantitative estimate of drug-likeness (QED) is 0.684. The number of thioether (sulfide) groups is 1. The fourth-order valence-corrected chi connectivity index (χ4v) is 7.13. The predicted molar refractivity (Wildman–Crippen MR) is 116 cm³/mol. The summed E-state index contributed by atoms with van der Waals surface area (Å²) in [6, 6.07) is 9.24. The van der Waals surface area contributed by atoms with E-state index in [0.717, 1.165) is 41.1 Å². The van der Waals surface area contributed by atoms with Crippen molar-refractivity contribution in [2.45, 2.75) is 56.5 Å². The topological polar surface area (TPSA) is 62.4 Å². The van der Waals surface area contributed by atoms with Crippen LogP contribution in [0.5, 0.6) is 0 Å². The number of nitrogens with two attached hydrogens (primary N) is 1. The lowest BCUT2D eigenvalue weighted by Gasteiger charge is -2.25. The monoisotopic (exact) mass is 412 g/mol. The number of benzene rings is 1. The van der Waals surface area contributed by atoms with E-state index in [1.165, 1.54) is 27.3 Å². The molecule has 0 saturated carbocycles. The van der Waals surface area contributed by atoms with Gasteiger partial charge in [-0.25, -0.2) is 4.98 Å². The van der Waals surface area contributed by atoms with Crippen molar-refractivity contribution in [3.05, 3.63) is 56.4 Å². The first kappa shape index (κ1) is 18.4. The number of aromatic amines is 1. The molecule has 0 unspecified atom stereocenters. The predicted octanol–water partition coefficient (Wildman–Crippen LogP) is 3.97. The van der Waals surface area contributed by atoms with Gasteiger partial charge in [-0.15, -0.1) is 23.1 Å². The first-order valence-electron chi connectivity index (χ1n) is 10.2. The molecule has 5 rings (SSSR count). The minimum atomic E-state index is 0.0481. The molecular weight excluding hydrogens is 386 g/mol. The Balaban J connectivity index is 1.46. The number of aryl methyl sites for hydroxylation is 1. The third-order valence-electron chi connectivity index (χ3n) is 6.14. The van der Waals surface area contributed by atoms with Gasteiger partial charge in [0.05, 0.1) is 5.39 Å². The molecule has 2 aromatic heterocycles. The highest BCUT2D eigenvalue weighted by molar-refractivity contribution is 7.99. The molecule has 0 saturated heterocycles. The van der Waals surface area contributed by atoms with Gasteiger partial charge in [0.2, 0.25) is 0 Å². The molecule has 3 aromatic rings. The summed E-state index contributed by atoms with van der Waals surface area (Å²) in [5, 5.41) is 3.22. The number of aromatic nitrogens is 2. The van der Waals surface area contributed by atoms with Crippen LogP contribution in [0.25, 0.3) is 10.2 Å². The molecule has 0 amide bonds. The van der Waals surface area contributed by atoms with Gasteiger partial charge in [0.1, 0.15) is 16.9 Å². The largest absolute Gasteiger partial charge is 0.332 e. The van der Waals surface area contributed by atoms with E-state index >= 15 is 0 Å². The number of quaternary nitrogens is 1. The third-order valence-corrected chi connectivity index (χ3v) is 8.41. The molecule has 146 valence electrons. The molecule has 1 aliphatic heterocycles. The normalized spacial score (nSPS) is 22.6. The van der Waals surface area contributed by atoms with Gasteiger partial charge in [-0.1, -0.05) is 25.1 Å². The fraction of sp³-hybridized carbons (Fsp3) is 0.455. The Morgan fingerprint density at radius 3 is 3.04 bits per heavy atom. The Morgan fingerprint density at radius 1 is 1.29 bits per heavy atom. The second kappa shape index (κ2) is 7.32. The highest BCUT2D eigenvalue weighted by Crippen LogP contribution is 2.36. The second-order valence-electron chi connectivity index (χ2n) is 8.25. The summed E-state index contributed by atoms with van der Waals surface area (Å²) in [4.78, 5) is 24.6. The van der Waals surface area contributed by atoms with Crippen LogP contribution in [0, 0.1) is 5.92 Å². The third kappa shape index (κ3) is 3.21. The van der Waals surface area contributed by atoms with Crippen LogP contribution in [0.1, 0.15) is 60.6 Å². The lowest BCUT2D eigenvalue weighted by Crippen LogP contribution is -2.86. The fourth-order valence-electron chi connectivity index (χ4n) is 4.59. The van der Waals surface area contributed by atoms with Gasteiger partial charge >= 0.3 is 0 Å². The molecule has 1 aliphatic carbocycles.